The lowest BCUT2D eigenvalue weighted by molar-refractivity contribution is -0.385. The summed E-state index contributed by atoms with van der Waals surface area (Å²) < 4.78 is 23.0. The van der Waals surface area contributed by atoms with E-state index in [2.05, 4.69) is 0 Å². The Labute approximate surface area is 139 Å². The second-order valence-corrected chi connectivity index (χ2v) is 8.14. The van der Waals surface area contributed by atoms with Crippen molar-refractivity contribution in [2.24, 2.45) is 5.41 Å². The molecular formula is C15H16N2O6S. The molecule has 0 heterocycles. The van der Waals surface area contributed by atoms with Crippen molar-refractivity contribution in [2.75, 3.05) is 6.26 Å². The van der Waals surface area contributed by atoms with Crippen molar-refractivity contribution in [1.29, 1.82) is 5.26 Å². The quantitative estimate of drug-likeness (QED) is 0.288. The lowest BCUT2D eigenvalue weighted by Crippen LogP contribution is -2.22. The number of aliphatic hydroxyl groups is 1. The molecule has 0 bridgehead atoms. The highest BCUT2D eigenvalue weighted by Crippen LogP contribution is 2.31. The Bertz CT molecular complexity index is 886. The third kappa shape index (κ3) is 3.97. The molecule has 24 heavy (non-hydrogen) atoms. The Morgan fingerprint density at radius 3 is 2.25 bits per heavy atom. The predicted molar refractivity (Wildman–Crippen MR) is 85.8 cm³/mol. The third-order valence-corrected chi connectivity index (χ3v) is 4.22. The van der Waals surface area contributed by atoms with E-state index in [0.717, 1.165) is 24.5 Å². The summed E-state index contributed by atoms with van der Waals surface area (Å²) in [4.78, 5) is 22.2. The highest BCUT2D eigenvalue weighted by Gasteiger charge is 2.31. The zero-order valence-corrected chi connectivity index (χ0v) is 14.3. The van der Waals surface area contributed by atoms with Gasteiger partial charge in [-0.05, 0) is 12.1 Å². The largest absolute Gasteiger partial charge is 0.506 e. The van der Waals surface area contributed by atoms with Crippen molar-refractivity contribution in [3.05, 3.63) is 39.4 Å². The van der Waals surface area contributed by atoms with Gasteiger partial charge in [-0.2, -0.15) is 5.26 Å². The van der Waals surface area contributed by atoms with Crippen LogP contribution >= 0.6 is 0 Å². The number of rotatable bonds is 4. The van der Waals surface area contributed by atoms with Crippen molar-refractivity contribution in [2.45, 2.75) is 25.7 Å². The topological polar surface area (TPSA) is 138 Å². The highest BCUT2D eigenvalue weighted by atomic mass is 32.2. The molecule has 0 atom stereocenters. The molecule has 9 heteroatoms. The normalized spacial score (nSPS) is 13.0. The van der Waals surface area contributed by atoms with E-state index in [-0.39, 0.29) is 4.90 Å². The molecule has 8 nitrogen and oxygen atoms in total. The fourth-order valence-electron chi connectivity index (χ4n) is 1.81. The number of Topliss-reactive ketones (excluding diaryl/α,β-unsaturated/α-hetero) is 1. The van der Waals surface area contributed by atoms with Gasteiger partial charge in [-0.3, -0.25) is 14.9 Å². The molecule has 1 aromatic rings. The molecule has 0 saturated carbocycles. The highest BCUT2D eigenvalue weighted by molar-refractivity contribution is 7.90. The number of nitro groups is 1. The van der Waals surface area contributed by atoms with Gasteiger partial charge in [0.05, 0.1) is 15.4 Å². The number of hydrogen-bond acceptors (Lipinski definition) is 7. The molecule has 0 aromatic heterocycles. The minimum Gasteiger partial charge on any atom is -0.506 e. The molecule has 0 fully saturated rings. The molecule has 0 aliphatic heterocycles. The zero-order valence-electron chi connectivity index (χ0n) is 13.5. The van der Waals surface area contributed by atoms with Gasteiger partial charge in [0, 0.05) is 17.7 Å². The summed E-state index contributed by atoms with van der Waals surface area (Å²) in [7, 11) is -3.70. The lowest BCUT2D eigenvalue weighted by Gasteiger charge is -2.16. The first-order valence-corrected chi connectivity index (χ1v) is 8.57. The SMILES string of the molecule is CC(C)(C)C(=O)/C(C#N)=C(\O)c1ccc(S(C)(=O)=O)cc1[N+](=O)[O-]. The van der Waals surface area contributed by atoms with Gasteiger partial charge in [-0.1, -0.05) is 20.8 Å². The maximum atomic E-state index is 12.2. The summed E-state index contributed by atoms with van der Waals surface area (Å²) in [5.41, 5.74) is -2.73. The van der Waals surface area contributed by atoms with Gasteiger partial charge in [0.25, 0.3) is 5.69 Å². The number of ketones is 1. The third-order valence-electron chi connectivity index (χ3n) is 3.11. The van der Waals surface area contributed by atoms with Crippen molar-refractivity contribution in [3.63, 3.8) is 0 Å². The van der Waals surface area contributed by atoms with E-state index in [0.29, 0.717) is 0 Å². The number of benzene rings is 1. The minimum absolute atomic E-state index is 0.314. The number of carbonyl (C=O) groups excluding carboxylic acids is 1. The molecule has 0 unspecified atom stereocenters. The van der Waals surface area contributed by atoms with Crippen LogP contribution in [0.3, 0.4) is 0 Å². The summed E-state index contributed by atoms with van der Waals surface area (Å²) in [6, 6.07) is 4.39. The number of aliphatic hydroxyl groups excluding tert-OH is 1. The van der Waals surface area contributed by atoms with E-state index in [4.69, 9.17) is 5.26 Å². The molecule has 128 valence electrons. The average Bonchev–Trinajstić information content (AvgIpc) is 2.45. The van der Waals surface area contributed by atoms with Crippen LogP contribution in [-0.2, 0) is 14.6 Å². The van der Waals surface area contributed by atoms with Crippen molar-refractivity contribution in [1.82, 2.24) is 0 Å². The number of nitro benzene ring substituents is 1. The summed E-state index contributed by atoms with van der Waals surface area (Å²) in [5, 5.41) is 30.6. The first kappa shape index (κ1) is 19.3. The van der Waals surface area contributed by atoms with Crippen LogP contribution in [0, 0.1) is 26.9 Å². The van der Waals surface area contributed by atoms with E-state index in [1.54, 1.807) is 6.07 Å². The number of sulfone groups is 1. The number of nitriles is 1. The summed E-state index contributed by atoms with van der Waals surface area (Å²) in [5.74, 6) is -1.55. The van der Waals surface area contributed by atoms with Crippen LogP contribution in [0.25, 0.3) is 5.76 Å². The Morgan fingerprint density at radius 1 is 1.33 bits per heavy atom. The van der Waals surface area contributed by atoms with Gasteiger partial charge in [0.2, 0.25) is 0 Å². The monoisotopic (exact) mass is 352 g/mol. The number of hydrogen-bond donors (Lipinski definition) is 1. The number of allylic oxidation sites excluding steroid dienone is 1. The molecule has 1 rings (SSSR count). The van der Waals surface area contributed by atoms with Gasteiger partial charge in [-0.15, -0.1) is 0 Å². The number of nitrogens with zero attached hydrogens (tertiary/aromatic N) is 2. The Hall–Kier alpha value is -2.73. The van der Waals surface area contributed by atoms with Gasteiger partial charge in [-0.25, -0.2) is 8.42 Å². The molecule has 0 spiro atoms. The molecule has 0 aliphatic carbocycles. The van der Waals surface area contributed by atoms with Crippen LogP contribution in [0.15, 0.2) is 28.7 Å². The second-order valence-electron chi connectivity index (χ2n) is 6.12. The molecule has 0 aliphatic rings. The van der Waals surface area contributed by atoms with E-state index in [1.165, 1.54) is 20.8 Å². The zero-order chi connectivity index (χ0) is 18.9. The van der Waals surface area contributed by atoms with E-state index in [1.807, 2.05) is 0 Å². The molecule has 0 radical (unpaired) electrons. The minimum atomic E-state index is -3.70. The molecular weight excluding hydrogens is 336 g/mol. The average molecular weight is 352 g/mol. The summed E-state index contributed by atoms with van der Waals surface area (Å²) >= 11 is 0. The van der Waals surface area contributed by atoms with Crippen molar-refractivity contribution >= 4 is 27.1 Å². The van der Waals surface area contributed by atoms with Crippen LogP contribution in [-0.4, -0.2) is 30.5 Å². The van der Waals surface area contributed by atoms with Gasteiger partial charge < -0.3 is 5.11 Å². The fourth-order valence-corrected chi connectivity index (χ4v) is 2.46. The Morgan fingerprint density at radius 2 is 1.88 bits per heavy atom. The lowest BCUT2D eigenvalue weighted by atomic mass is 9.85. The van der Waals surface area contributed by atoms with Gasteiger partial charge in [0.1, 0.15) is 11.6 Å². The van der Waals surface area contributed by atoms with Crippen molar-refractivity contribution < 1.29 is 23.2 Å². The van der Waals surface area contributed by atoms with Crippen LogP contribution in [0.5, 0.6) is 0 Å². The summed E-state index contributed by atoms with van der Waals surface area (Å²) in [6.07, 6.45) is 0.880. The maximum Gasteiger partial charge on any atom is 0.281 e. The Balaban J connectivity index is 3.72. The molecule has 1 N–H and O–H groups in total. The summed E-state index contributed by atoms with van der Waals surface area (Å²) in [6.45, 7) is 4.59. The predicted octanol–water partition coefficient (Wildman–Crippen LogP) is 2.41. The first-order valence-electron chi connectivity index (χ1n) is 6.67. The first-order chi connectivity index (χ1) is 10.8. The van der Waals surface area contributed by atoms with Crippen LogP contribution in [0.2, 0.25) is 0 Å². The fraction of sp³-hybridized carbons (Fsp3) is 0.333. The smallest absolute Gasteiger partial charge is 0.281 e. The maximum absolute atomic E-state index is 12.2. The molecule has 1 aromatic carbocycles. The van der Waals surface area contributed by atoms with E-state index < -0.39 is 48.5 Å². The molecule has 0 amide bonds. The van der Waals surface area contributed by atoms with E-state index in [9.17, 15) is 28.4 Å². The van der Waals surface area contributed by atoms with Crippen LogP contribution in [0.4, 0.5) is 5.69 Å². The second kappa shape index (κ2) is 6.41. The molecule has 0 saturated heterocycles. The van der Waals surface area contributed by atoms with Gasteiger partial charge >= 0.3 is 0 Å². The standard InChI is InChI=1S/C15H16N2O6S/c1-15(2,3)14(19)11(8-16)13(18)10-6-5-9(24(4,22)23)7-12(10)17(20)21/h5-7,18H,1-4H3/b13-11-. The van der Waals surface area contributed by atoms with Crippen LogP contribution < -0.4 is 0 Å². The van der Waals surface area contributed by atoms with Gasteiger partial charge in [0.15, 0.2) is 21.4 Å². The van der Waals surface area contributed by atoms with Crippen LogP contribution in [0.1, 0.15) is 26.3 Å². The van der Waals surface area contributed by atoms with Crippen molar-refractivity contribution in [3.8, 4) is 6.07 Å². The van der Waals surface area contributed by atoms with E-state index >= 15 is 0 Å². The number of carbonyl (C=O) groups is 1. The Kier molecular flexibility index (Phi) is 5.16.